The van der Waals surface area contributed by atoms with Crippen molar-refractivity contribution in [3.05, 3.63) is 53.6 Å². The number of carbonyl (C=O) groups excluding carboxylic acids is 1. The number of aryl methyl sites for hydroxylation is 1. The maximum absolute atomic E-state index is 11.9. The Morgan fingerprint density at radius 1 is 0.862 bits per heavy atom. The van der Waals surface area contributed by atoms with Crippen LogP contribution in [0.4, 0.5) is 4.79 Å². The minimum absolute atomic E-state index is 0.170. The Bertz CT molecular complexity index is 764. The number of para-hydroxylation sites is 1. The zero-order valence-electron chi connectivity index (χ0n) is 17.6. The van der Waals surface area contributed by atoms with Gasteiger partial charge in [0.1, 0.15) is 5.75 Å². The molecule has 0 radical (unpaired) electrons. The quantitative estimate of drug-likeness (QED) is 0.526. The molecule has 0 spiro atoms. The van der Waals surface area contributed by atoms with Crippen LogP contribution in [0.5, 0.6) is 17.2 Å². The topological polar surface area (TPSA) is 68.8 Å². The molecule has 0 heterocycles. The molecule has 29 heavy (non-hydrogen) atoms. The molecule has 0 fully saturated rings. The monoisotopic (exact) mass is 400 g/mol. The average molecular weight is 401 g/mol. The standard InChI is InChI=1S/C23H32N2O4/c1-4-27-21-12-11-19(17-22(21)28-5-2)13-15-25-23(26)24-14-8-16-29-20-10-7-6-9-18(20)3/h6-7,9-12,17H,4-5,8,13-16H2,1-3H3,(H2,24,25,26). The fourth-order valence-electron chi connectivity index (χ4n) is 2.81. The molecule has 0 aliphatic rings. The molecular weight excluding hydrogens is 368 g/mol. The Hall–Kier alpha value is -2.89. The molecule has 0 saturated heterocycles. The number of benzene rings is 2. The molecule has 0 saturated carbocycles. The number of rotatable bonds is 12. The first kappa shape index (κ1) is 22.4. The van der Waals surface area contributed by atoms with Crippen molar-refractivity contribution in [2.24, 2.45) is 0 Å². The minimum Gasteiger partial charge on any atom is -0.493 e. The molecule has 0 bridgehead atoms. The number of ether oxygens (including phenoxy) is 3. The van der Waals surface area contributed by atoms with E-state index >= 15 is 0 Å². The molecule has 6 heteroatoms. The summed E-state index contributed by atoms with van der Waals surface area (Å²) in [5.41, 5.74) is 2.20. The van der Waals surface area contributed by atoms with Gasteiger partial charge < -0.3 is 24.8 Å². The van der Waals surface area contributed by atoms with E-state index in [2.05, 4.69) is 10.6 Å². The number of nitrogens with one attached hydrogen (secondary N) is 2. The Morgan fingerprint density at radius 3 is 2.34 bits per heavy atom. The molecule has 2 rings (SSSR count). The van der Waals surface area contributed by atoms with Crippen LogP contribution in [0.3, 0.4) is 0 Å². The highest BCUT2D eigenvalue weighted by Gasteiger charge is 2.07. The highest BCUT2D eigenvalue weighted by atomic mass is 16.5. The van der Waals surface area contributed by atoms with E-state index in [1.54, 1.807) is 0 Å². The van der Waals surface area contributed by atoms with Crippen molar-refractivity contribution in [3.63, 3.8) is 0 Å². The third-order valence-electron chi connectivity index (χ3n) is 4.26. The lowest BCUT2D eigenvalue weighted by Crippen LogP contribution is -2.37. The van der Waals surface area contributed by atoms with Crippen LogP contribution in [0.25, 0.3) is 0 Å². The Morgan fingerprint density at radius 2 is 1.59 bits per heavy atom. The van der Waals surface area contributed by atoms with Crippen molar-refractivity contribution in [1.82, 2.24) is 10.6 Å². The predicted molar refractivity (Wildman–Crippen MR) is 115 cm³/mol. The molecule has 2 aromatic rings. The lowest BCUT2D eigenvalue weighted by molar-refractivity contribution is 0.239. The van der Waals surface area contributed by atoms with Crippen molar-refractivity contribution in [3.8, 4) is 17.2 Å². The number of urea groups is 1. The number of hydrogen-bond acceptors (Lipinski definition) is 4. The smallest absolute Gasteiger partial charge is 0.314 e. The molecule has 0 aliphatic carbocycles. The van der Waals surface area contributed by atoms with Crippen LogP contribution >= 0.6 is 0 Å². The van der Waals surface area contributed by atoms with E-state index < -0.39 is 0 Å². The van der Waals surface area contributed by atoms with E-state index in [4.69, 9.17) is 14.2 Å². The Balaban J connectivity index is 1.64. The summed E-state index contributed by atoms with van der Waals surface area (Å²) >= 11 is 0. The van der Waals surface area contributed by atoms with Crippen LogP contribution < -0.4 is 24.8 Å². The molecule has 158 valence electrons. The van der Waals surface area contributed by atoms with Gasteiger partial charge in [-0.25, -0.2) is 4.79 Å². The molecule has 2 N–H and O–H groups in total. The van der Waals surface area contributed by atoms with Crippen molar-refractivity contribution in [2.75, 3.05) is 32.9 Å². The van der Waals surface area contributed by atoms with Gasteiger partial charge in [0.15, 0.2) is 11.5 Å². The SMILES string of the molecule is CCOc1ccc(CCNC(=O)NCCCOc2ccccc2C)cc1OCC. The second kappa shape index (κ2) is 12.5. The normalized spacial score (nSPS) is 10.3. The van der Waals surface area contributed by atoms with Crippen LogP contribution in [0.1, 0.15) is 31.4 Å². The van der Waals surface area contributed by atoms with E-state index in [1.165, 1.54) is 0 Å². The van der Waals surface area contributed by atoms with Gasteiger partial charge in [0.25, 0.3) is 0 Å². The predicted octanol–water partition coefficient (Wildman–Crippen LogP) is 4.10. The second-order valence-corrected chi connectivity index (χ2v) is 6.55. The molecule has 0 unspecified atom stereocenters. The van der Waals surface area contributed by atoms with Gasteiger partial charge in [0, 0.05) is 13.1 Å². The van der Waals surface area contributed by atoms with Gasteiger partial charge in [0.2, 0.25) is 0 Å². The van der Waals surface area contributed by atoms with E-state index in [1.807, 2.05) is 63.2 Å². The third-order valence-corrected chi connectivity index (χ3v) is 4.26. The van der Waals surface area contributed by atoms with Crippen molar-refractivity contribution >= 4 is 6.03 Å². The van der Waals surface area contributed by atoms with Gasteiger partial charge in [-0.15, -0.1) is 0 Å². The summed E-state index contributed by atoms with van der Waals surface area (Å²) in [5.74, 6) is 2.38. The summed E-state index contributed by atoms with van der Waals surface area (Å²) in [6.07, 6.45) is 1.47. The summed E-state index contributed by atoms with van der Waals surface area (Å²) in [6, 6.07) is 13.6. The van der Waals surface area contributed by atoms with E-state index in [9.17, 15) is 4.79 Å². The number of carbonyl (C=O) groups is 1. The molecule has 6 nitrogen and oxygen atoms in total. The van der Waals surface area contributed by atoms with E-state index in [0.717, 1.165) is 41.2 Å². The van der Waals surface area contributed by atoms with Crippen molar-refractivity contribution in [1.29, 1.82) is 0 Å². The largest absolute Gasteiger partial charge is 0.493 e. The minimum atomic E-state index is -0.170. The zero-order chi connectivity index (χ0) is 20.9. The van der Waals surface area contributed by atoms with Crippen LogP contribution in [-0.4, -0.2) is 38.9 Å². The van der Waals surface area contributed by atoms with Gasteiger partial charge >= 0.3 is 6.03 Å². The highest BCUT2D eigenvalue weighted by Crippen LogP contribution is 2.28. The zero-order valence-corrected chi connectivity index (χ0v) is 17.6. The fourth-order valence-corrected chi connectivity index (χ4v) is 2.81. The number of amides is 2. The van der Waals surface area contributed by atoms with Crippen LogP contribution in [-0.2, 0) is 6.42 Å². The van der Waals surface area contributed by atoms with E-state index in [0.29, 0.717) is 32.9 Å². The molecule has 0 aliphatic heterocycles. The third kappa shape index (κ3) is 7.94. The first-order valence-corrected chi connectivity index (χ1v) is 10.2. The van der Waals surface area contributed by atoms with Gasteiger partial charge in [-0.1, -0.05) is 24.3 Å². The molecule has 0 aromatic heterocycles. The average Bonchev–Trinajstić information content (AvgIpc) is 2.71. The van der Waals surface area contributed by atoms with Gasteiger partial charge in [0.05, 0.1) is 19.8 Å². The van der Waals surface area contributed by atoms with E-state index in [-0.39, 0.29) is 6.03 Å². The maximum Gasteiger partial charge on any atom is 0.314 e. The Labute approximate surface area is 173 Å². The second-order valence-electron chi connectivity index (χ2n) is 6.55. The van der Waals surface area contributed by atoms with Crippen molar-refractivity contribution < 1.29 is 19.0 Å². The molecule has 2 aromatic carbocycles. The van der Waals surface area contributed by atoms with Crippen LogP contribution in [0.2, 0.25) is 0 Å². The lowest BCUT2D eigenvalue weighted by Gasteiger charge is -2.13. The summed E-state index contributed by atoms with van der Waals surface area (Å²) in [7, 11) is 0. The van der Waals surface area contributed by atoms with Gasteiger partial charge in [-0.3, -0.25) is 0 Å². The number of hydrogen-bond donors (Lipinski definition) is 2. The van der Waals surface area contributed by atoms with Crippen LogP contribution in [0.15, 0.2) is 42.5 Å². The first-order valence-electron chi connectivity index (χ1n) is 10.2. The molecule has 2 amide bonds. The van der Waals surface area contributed by atoms with Gasteiger partial charge in [-0.05, 0) is 62.9 Å². The maximum atomic E-state index is 11.9. The summed E-state index contributed by atoms with van der Waals surface area (Å²) < 4.78 is 16.9. The fraction of sp³-hybridized carbons (Fsp3) is 0.435. The molecular formula is C23H32N2O4. The summed E-state index contributed by atoms with van der Waals surface area (Å²) in [6.45, 7) is 8.76. The van der Waals surface area contributed by atoms with Crippen molar-refractivity contribution in [2.45, 2.75) is 33.6 Å². The molecule has 0 atom stereocenters. The Kier molecular flexibility index (Phi) is 9.69. The van der Waals surface area contributed by atoms with Crippen LogP contribution in [0, 0.1) is 6.92 Å². The van der Waals surface area contributed by atoms with Gasteiger partial charge in [-0.2, -0.15) is 0 Å². The lowest BCUT2D eigenvalue weighted by atomic mass is 10.1. The summed E-state index contributed by atoms with van der Waals surface area (Å²) in [4.78, 5) is 11.9. The summed E-state index contributed by atoms with van der Waals surface area (Å²) in [5, 5.41) is 5.73. The first-order chi connectivity index (χ1) is 14.1. The highest BCUT2D eigenvalue weighted by molar-refractivity contribution is 5.73.